The zero-order chi connectivity index (χ0) is 18.7. The number of halogens is 4. The molecular formula is C18H10ClF3N4. The summed E-state index contributed by atoms with van der Waals surface area (Å²) >= 11 is 5.85. The molecular weight excluding hydrogens is 365 g/mol. The number of rotatable bonds is 3. The van der Waals surface area contributed by atoms with Gasteiger partial charge in [0.2, 0.25) is 0 Å². The summed E-state index contributed by atoms with van der Waals surface area (Å²) in [5.74, 6) is 0. The van der Waals surface area contributed by atoms with Gasteiger partial charge in [0.25, 0.3) is 0 Å². The fourth-order valence-electron chi connectivity index (χ4n) is 2.20. The number of hydrogen-bond acceptors (Lipinski definition) is 3. The summed E-state index contributed by atoms with van der Waals surface area (Å²) in [4.78, 5) is 3.73. The summed E-state index contributed by atoms with van der Waals surface area (Å²) in [5.41, 5.74) is 0.807. The smallest absolute Gasteiger partial charge is 0.255 e. The molecule has 0 aliphatic rings. The molecule has 0 saturated heterocycles. The number of pyridine rings is 1. The molecule has 130 valence electrons. The van der Waals surface area contributed by atoms with E-state index < -0.39 is 11.7 Å². The zero-order valence-electron chi connectivity index (χ0n) is 13.1. The summed E-state index contributed by atoms with van der Waals surface area (Å²) in [5, 5.41) is 14.1. The maximum atomic E-state index is 12.6. The Morgan fingerprint density at radius 1 is 1.12 bits per heavy atom. The minimum Gasteiger partial charge on any atom is -0.255 e. The molecule has 0 atom stereocenters. The Bertz CT molecular complexity index is 981. The standard InChI is InChI=1S/C18H10ClF3N4/c19-15-2-4-16(5-3-15)26-11-12(9-25-26)7-13(8-23)17-6-1-14(10-24-17)18(20,21)22/h1-7,9-11H. The monoisotopic (exact) mass is 374 g/mol. The van der Waals surface area contributed by atoms with Gasteiger partial charge in [-0.1, -0.05) is 11.6 Å². The molecule has 0 aliphatic carbocycles. The Labute approximate surface area is 151 Å². The lowest BCUT2D eigenvalue weighted by atomic mass is 10.1. The van der Waals surface area contributed by atoms with Crippen LogP contribution in [-0.4, -0.2) is 14.8 Å². The first-order valence-electron chi connectivity index (χ1n) is 7.33. The van der Waals surface area contributed by atoms with E-state index in [1.54, 1.807) is 35.1 Å². The molecule has 0 saturated carbocycles. The highest BCUT2D eigenvalue weighted by Gasteiger charge is 2.30. The van der Waals surface area contributed by atoms with E-state index in [9.17, 15) is 18.4 Å². The van der Waals surface area contributed by atoms with Crippen LogP contribution in [-0.2, 0) is 6.18 Å². The van der Waals surface area contributed by atoms with E-state index >= 15 is 0 Å². The van der Waals surface area contributed by atoms with Gasteiger partial charge in [-0.25, -0.2) is 4.68 Å². The number of nitrogens with zero attached hydrogens (tertiary/aromatic N) is 4. The Kier molecular flexibility index (Phi) is 4.78. The summed E-state index contributed by atoms with van der Waals surface area (Å²) in [7, 11) is 0. The van der Waals surface area contributed by atoms with E-state index in [-0.39, 0.29) is 11.3 Å². The van der Waals surface area contributed by atoms with Gasteiger partial charge in [0.15, 0.2) is 0 Å². The van der Waals surface area contributed by atoms with Gasteiger partial charge in [-0.3, -0.25) is 4.98 Å². The molecule has 0 amide bonds. The Balaban J connectivity index is 1.88. The third-order valence-electron chi connectivity index (χ3n) is 3.49. The van der Waals surface area contributed by atoms with Crippen molar-refractivity contribution in [3.05, 3.63) is 76.8 Å². The van der Waals surface area contributed by atoms with Crippen molar-refractivity contribution in [3.63, 3.8) is 0 Å². The molecule has 2 heterocycles. The number of nitriles is 1. The van der Waals surface area contributed by atoms with Crippen LogP contribution in [0.4, 0.5) is 13.2 Å². The second-order valence-electron chi connectivity index (χ2n) is 5.29. The van der Waals surface area contributed by atoms with Crippen LogP contribution in [0.5, 0.6) is 0 Å². The molecule has 26 heavy (non-hydrogen) atoms. The van der Waals surface area contributed by atoms with Gasteiger partial charge in [0.05, 0.1) is 28.7 Å². The number of benzene rings is 1. The zero-order valence-corrected chi connectivity index (χ0v) is 13.8. The molecule has 0 N–H and O–H groups in total. The molecule has 8 heteroatoms. The van der Waals surface area contributed by atoms with E-state index in [1.807, 2.05) is 6.07 Å². The second-order valence-corrected chi connectivity index (χ2v) is 5.73. The van der Waals surface area contributed by atoms with E-state index in [0.717, 1.165) is 11.8 Å². The lowest BCUT2D eigenvalue weighted by Crippen LogP contribution is -2.05. The lowest BCUT2D eigenvalue weighted by Gasteiger charge is -2.06. The lowest BCUT2D eigenvalue weighted by molar-refractivity contribution is -0.137. The highest BCUT2D eigenvalue weighted by Crippen LogP contribution is 2.29. The van der Waals surface area contributed by atoms with Crippen LogP contribution in [0.25, 0.3) is 17.3 Å². The van der Waals surface area contributed by atoms with Crippen molar-refractivity contribution in [2.45, 2.75) is 6.18 Å². The van der Waals surface area contributed by atoms with Crippen LogP contribution < -0.4 is 0 Å². The van der Waals surface area contributed by atoms with Gasteiger partial charge >= 0.3 is 6.18 Å². The Hall–Kier alpha value is -3.11. The minimum absolute atomic E-state index is 0.134. The number of aromatic nitrogens is 3. The number of allylic oxidation sites excluding steroid dienone is 1. The predicted molar refractivity (Wildman–Crippen MR) is 91.3 cm³/mol. The molecule has 2 aromatic heterocycles. The highest BCUT2D eigenvalue weighted by molar-refractivity contribution is 6.30. The Morgan fingerprint density at radius 2 is 1.85 bits per heavy atom. The van der Waals surface area contributed by atoms with Crippen LogP contribution in [0.3, 0.4) is 0 Å². The van der Waals surface area contributed by atoms with Crippen LogP contribution in [0.2, 0.25) is 5.02 Å². The first-order valence-corrected chi connectivity index (χ1v) is 7.70. The van der Waals surface area contributed by atoms with Crippen molar-refractivity contribution < 1.29 is 13.2 Å². The highest BCUT2D eigenvalue weighted by atomic mass is 35.5. The van der Waals surface area contributed by atoms with E-state index in [2.05, 4.69) is 10.1 Å². The van der Waals surface area contributed by atoms with Gasteiger partial charge in [-0.15, -0.1) is 0 Å². The SMILES string of the molecule is N#CC(=Cc1cnn(-c2ccc(Cl)cc2)c1)c1ccc(C(F)(F)F)cn1. The predicted octanol–water partition coefficient (Wildman–Crippen LogP) is 5.00. The molecule has 0 bridgehead atoms. The van der Waals surface area contributed by atoms with Crippen molar-refractivity contribution in [3.8, 4) is 11.8 Å². The second kappa shape index (κ2) is 7.02. The molecule has 3 rings (SSSR count). The first-order chi connectivity index (χ1) is 12.4. The molecule has 0 spiro atoms. The van der Waals surface area contributed by atoms with Crippen LogP contribution in [0.15, 0.2) is 55.0 Å². The van der Waals surface area contributed by atoms with E-state index in [4.69, 9.17) is 11.6 Å². The third kappa shape index (κ3) is 3.92. The van der Waals surface area contributed by atoms with Crippen LogP contribution in [0, 0.1) is 11.3 Å². The number of alkyl halides is 3. The van der Waals surface area contributed by atoms with Crippen molar-refractivity contribution >= 4 is 23.3 Å². The average molecular weight is 375 g/mol. The molecule has 0 aliphatic heterocycles. The van der Waals surface area contributed by atoms with Crippen molar-refractivity contribution in [2.24, 2.45) is 0 Å². The fourth-order valence-corrected chi connectivity index (χ4v) is 2.32. The summed E-state index contributed by atoms with van der Waals surface area (Å²) in [6.07, 6.45) is 0.967. The largest absolute Gasteiger partial charge is 0.417 e. The number of hydrogen-bond donors (Lipinski definition) is 0. The molecule has 0 radical (unpaired) electrons. The first kappa shape index (κ1) is 17.7. The van der Waals surface area contributed by atoms with Crippen molar-refractivity contribution in [2.75, 3.05) is 0 Å². The van der Waals surface area contributed by atoms with Crippen molar-refractivity contribution in [1.82, 2.24) is 14.8 Å². The molecule has 3 aromatic rings. The van der Waals surface area contributed by atoms with Gasteiger partial charge in [0.1, 0.15) is 6.07 Å². The molecule has 1 aromatic carbocycles. The average Bonchev–Trinajstić information content (AvgIpc) is 3.08. The van der Waals surface area contributed by atoms with Gasteiger partial charge in [-0.2, -0.15) is 23.5 Å². The molecule has 0 fully saturated rings. The normalized spacial score (nSPS) is 12.0. The van der Waals surface area contributed by atoms with Gasteiger partial charge in [-0.05, 0) is 42.5 Å². The summed E-state index contributed by atoms with van der Waals surface area (Å²) in [6, 6.07) is 11.0. The summed E-state index contributed by atoms with van der Waals surface area (Å²) < 4.78 is 39.4. The quantitative estimate of drug-likeness (QED) is 0.606. The Morgan fingerprint density at radius 3 is 2.42 bits per heavy atom. The minimum atomic E-state index is -4.47. The topological polar surface area (TPSA) is 54.5 Å². The maximum Gasteiger partial charge on any atom is 0.417 e. The van der Waals surface area contributed by atoms with Gasteiger partial charge < -0.3 is 0 Å². The summed E-state index contributed by atoms with van der Waals surface area (Å²) in [6.45, 7) is 0. The van der Waals surface area contributed by atoms with E-state index in [0.29, 0.717) is 16.8 Å². The molecule has 0 unspecified atom stereocenters. The maximum absolute atomic E-state index is 12.6. The van der Waals surface area contributed by atoms with Gasteiger partial charge in [0, 0.05) is 23.0 Å². The van der Waals surface area contributed by atoms with Crippen molar-refractivity contribution in [1.29, 1.82) is 5.26 Å². The van der Waals surface area contributed by atoms with Crippen LogP contribution >= 0.6 is 11.6 Å². The van der Waals surface area contributed by atoms with Crippen LogP contribution in [0.1, 0.15) is 16.8 Å². The third-order valence-corrected chi connectivity index (χ3v) is 3.74. The molecule has 4 nitrogen and oxygen atoms in total. The van der Waals surface area contributed by atoms with E-state index in [1.165, 1.54) is 18.3 Å². The fraction of sp³-hybridized carbons (Fsp3) is 0.0556.